The first-order chi connectivity index (χ1) is 13.1. The summed E-state index contributed by atoms with van der Waals surface area (Å²) < 4.78 is 24.6. The van der Waals surface area contributed by atoms with Crippen molar-refractivity contribution >= 4 is 29.9 Å². The van der Waals surface area contributed by atoms with Crippen LogP contribution in [0.5, 0.6) is 11.5 Å². The van der Waals surface area contributed by atoms with Crippen molar-refractivity contribution in [2.45, 2.75) is 25.3 Å². The molecule has 152 valence electrons. The van der Waals surface area contributed by atoms with Crippen LogP contribution in [-0.2, 0) is 0 Å². The summed E-state index contributed by atoms with van der Waals surface area (Å²) in [6.45, 7) is 3.44. The Labute approximate surface area is 182 Å². The molecule has 5 nitrogen and oxygen atoms in total. The van der Waals surface area contributed by atoms with Gasteiger partial charge < -0.3 is 20.1 Å². The normalized spacial score (nSPS) is 16.9. The van der Waals surface area contributed by atoms with Gasteiger partial charge in [0.2, 0.25) is 0 Å². The summed E-state index contributed by atoms with van der Waals surface area (Å²) >= 11 is 0. The van der Waals surface area contributed by atoms with Gasteiger partial charge in [-0.3, -0.25) is 4.99 Å². The van der Waals surface area contributed by atoms with Gasteiger partial charge in [-0.15, -0.1) is 24.0 Å². The summed E-state index contributed by atoms with van der Waals surface area (Å²) in [7, 11) is 3.19. The van der Waals surface area contributed by atoms with E-state index in [0.29, 0.717) is 11.9 Å². The van der Waals surface area contributed by atoms with Gasteiger partial charge >= 0.3 is 0 Å². The highest BCUT2D eigenvalue weighted by molar-refractivity contribution is 14.0. The lowest BCUT2D eigenvalue weighted by atomic mass is 9.93. The second-order valence-electron chi connectivity index (χ2n) is 6.59. The molecule has 3 rings (SSSR count). The number of nitrogens with zero attached hydrogens (tertiary/aromatic N) is 1. The molecule has 0 fully saturated rings. The van der Waals surface area contributed by atoms with Crippen LogP contribution in [0.2, 0.25) is 0 Å². The number of fused-ring (bicyclic) bond motifs is 1. The molecule has 0 spiro atoms. The van der Waals surface area contributed by atoms with Crippen molar-refractivity contribution in [1.29, 1.82) is 0 Å². The fourth-order valence-electron chi connectivity index (χ4n) is 3.28. The van der Waals surface area contributed by atoms with Gasteiger partial charge in [0.25, 0.3) is 0 Å². The molecule has 0 radical (unpaired) electrons. The Hall–Kier alpha value is -2.03. The van der Waals surface area contributed by atoms with E-state index >= 15 is 0 Å². The molecule has 0 saturated carbocycles. The van der Waals surface area contributed by atoms with E-state index in [4.69, 9.17) is 9.47 Å². The summed E-state index contributed by atoms with van der Waals surface area (Å²) in [4.78, 5) is 4.29. The molecule has 2 aromatic rings. The number of benzene rings is 2. The highest BCUT2D eigenvalue weighted by Crippen LogP contribution is 2.32. The highest BCUT2D eigenvalue weighted by atomic mass is 127. The van der Waals surface area contributed by atoms with Gasteiger partial charge in [0.1, 0.15) is 5.75 Å². The summed E-state index contributed by atoms with van der Waals surface area (Å²) in [6.07, 6.45) is 0.959. The second-order valence-corrected chi connectivity index (χ2v) is 6.59. The van der Waals surface area contributed by atoms with Crippen molar-refractivity contribution < 1.29 is 13.9 Å². The van der Waals surface area contributed by atoms with Crippen molar-refractivity contribution in [1.82, 2.24) is 10.6 Å². The number of methoxy groups -OCH3 is 1. The molecule has 7 heteroatoms. The van der Waals surface area contributed by atoms with Crippen LogP contribution in [0.3, 0.4) is 0 Å². The molecule has 0 saturated heterocycles. The van der Waals surface area contributed by atoms with E-state index in [1.807, 2.05) is 31.2 Å². The van der Waals surface area contributed by atoms with Crippen molar-refractivity contribution in [3.63, 3.8) is 0 Å². The standard InChI is InChI=1S/C21H26FN3O2.HI/c1-14(15-8-9-20(26-3)18(22)12-15)25-21(23-2)24-13-16-10-11-27-19-7-5-4-6-17(16)19;/h4-9,12,14,16H,10-11,13H2,1-3H3,(H2,23,24,25);1H. The third-order valence-corrected chi connectivity index (χ3v) is 4.85. The predicted molar refractivity (Wildman–Crippen MR) is 121 cm³/mol. The number of hydrogen-bond donors (Lipinski definition) is 2. The SMILES string of the molecule is CN=C(NCC1CCOc2ccccc21)NC(C)c1ccc(OC)c(F)c1.I. The average Bonchev–Trinajstić information content (AvgIpc) is 2.70. The van der Waals surface area contributed by atoms with Crippen LogP contribution in [-0.4, -0.2) is 33.3 Å². The van der Waals surface area contributed by atoms with Gasteiger partial charge in [-0.05, 0) is 42.7 Å². The average molecular weight is 499 g/mol. The molecule has 1 heterocycles. The zero-order valence-corrected chi connectivity index (χ0v) is 18.7. The number of halogens is 2. The van der Waals surface area contributed by atoms with E-state index in [2.05, 4.69) is 21.7 Å². The van der Waals surface area contributed by atoms with Crippen LogP contribution >= 0.6 is 24.0 Å². The van der Waals surface area contributed by atoms with E-state index in [-0.39, 0.29) is 41.6 Å². The first kappa shape index (κ1) is 22.3. The zero-order valence-electron chi connectivity index (χ0n) is 16.4. The van der Waals surface area contributed by atoms with Crippen LogP contribution < -0.4 is 20.1 Å². The first-order valence-electron chi connectivity index (χ1n) is 9.14. The van der Waals surface area contributed by atoms with Crippen molar-refractivity contribution in [3.05, 3.63) is 59.4 Å². The Morgan fingerprint density at radius 3 is 2.82 bits per heavy atom. The molecule has 0 amide bonds. The fraction of sp³-hybridized carbons (Fsp3) is 0.381. The van der Waals surface area contributed by atoms with E-state index in [1.54, 1.807) is 13.1 Å². The van der Waals surface area contributed by atoms with Crippen LogP contribution in [0, 0.1) is 5.82 Å². The summed E-state index contributed by atoms with van der Waals surface area (Å²) in [5.74, 6) is 1.88. The van der Waals surface area contributed by atoms with E-state index in [1.165, 1.54) is 18.7 Å². The van der Waals surface area contributed by atoms with E-state index < -0.39 is 0 Å². The van der Waals surface area contributed by atoms with E-state index in [9.17, 15) is 4.39 Å². The molecule has 0 aliphatic carbocycles. The molecule has 0 aromatic heterocycles. The lowest BCUT2D eigenvalue weighted by molar-refractivity contribution is 0.267. The smallest absolute Gasteiger partial charge is 0.191 e. The second kappa shape index (κ2) is 10.5. The van der Waals surface area contributed by atoms with Crippen molar-refractivity contribution in [3.8, 4) is 11.5 Å². The molecule has 28 heavy (non-hydrogen) atoms. The lowest BCUT2D eigenvalue weighted by Crippen LogP contribution is -2.41. The minimum Gasteiger partial charge on any atom is -0.494 e. The van der Waals surface area contributed by atoms with Gasteiger partial charge in [-0.2, -0.15) is 0 Å². The molecule has 2 atom stereocenters. The van der Waals surface area contributed by atoms with Crippen molar-refractivity contribution in [2.24, 2.45) is 4.99 Å². The molecule has 2 N–H and O–H groups in total. The van der Waals surface area contributed by atoms with Gasteiger partial charge in [-0.25, -0.2) is 4.39 Å². The number of para-hydroxylation sites is 1. The van der Waals surface area contributed by atoms with Crippen LogP contribution in [0.25, 0.3) is 0 Å². The van der Waals surface area contributed by atoms with Gasteiger partial charge in [0.15, 0.2) is 17.5 Å². The van der Waals surface area contributed by atoms with Crippen LogP contribution in [0.15, 0.2) is 47.5 Å². The summed E-state index contributed by atoms with van der Waals surface area (Å²) in [5, 5.41) is 6.69. The third-order valence-electron chi connectivity index (χ3n) is 4.85. The minimum atomic E-state index is -0.370. The Morgan fingerprint density at radius 2 is 2.11 bits per heavy atom. The Kier molecular flexibility index (Phi) is 8.35. The molecule has 1 aliphatic rings. The predicted octanol–water partition coefficient (Wildman–Crippen LogP) is 4.24. The third kappa shape index (κ3) is 5.27. The van der Waals surface area contributed by atoms with Gasteiger partial charge in [0.05, 0.1) is 19.8 Å². The molecule has 2 unspecified atom stereocenters. The highest BCUT2D eigenvalue weighted by Gasteiger charge is 2.21. The number of hydrogen-bond acceptors (Lipinski definition) is 3. The van der Waals surface area contributed by atoms with E-state index in [0.717, 1.165) is 30.9 Å². The topological polar surface area (TPSA) is 54.9 Å². The molecule has 1 aliphatic heterocycles. The Morgan fingerprint density at radius 1 is 1.32 bits per heavy atom. The number of ether oxygens (including phenoxy) is 2. The number of rotatable bonds is 5. The monoisotopic (exact) mass is 499 g/mol. The largest absolute Gasteiger partial charge is 0.494 e. The van der Waals surface area contributed by atoms with Crippen molar-refractivity contribution in [2.75, 3.05) is 27.3 Å². The Bertz CT molecular complexity index is 816. The maximum absolute atomic E-state index is 14.0. The molecule has 0 bridgehead atoms. The van der Waals surface area contributed by atoms with Gasteiger partial charge in [0, 0.05) is 19.5 Å². The quantitative estimate of drug-likeness (QED) is 0.367. The lowest BCUT2D eigenvalue weighted by Gasteiger charge is -2.27. The van der Waals surface area contributed by atoms with Crippen LogP contribution in [0.1, 0.15) is 36.4 Å². The minimum absolute atomic E-state index is 0. The number of aliphatic imine (C=N–C) groups is 1. The first-order valence-corrected chi connectivity index (χ1v) is 9.14. The molecular formula is C21H27FIN3O2. The maximum Gasteiger partial charge on any atom is 0.191 e. The number of nitrogens with one attached hydrogen (secondary N) is 2. The fourth-order valence-corrected chi connectivity index (χ4v) is 3.28. The Balaban J connectivity index is 0.00000280. The van der Waals surface area contributed by atoms with Gasteiger partial charge in [-0.1, -0.05) is 24.3 Å². The number of guanidine groups is 1. The summed E-state index contributed by atoms with van der Waals surface area (Å²) in [6, 6.07) is 13.0. The molecule has 2 aromatic carbocycles. The summed E-state index contributed by atoms with van der Waals surface area (Å²) in [5.41, 5.74) is 2.05. The van der Waals surface area contributed by atoms with Crippen LogP contribution in [0.4, 0.5) is 4.39 Å². The zero-order chi connectivity index (χ0) is 19.2. The molecular weight excluding hydrogens is 472 g/mol. The maximum atomic E-state index is 14.0.